The number of alkyl halides is 1. The van der Waals surface area contributed by atoms with Crippen LogP contribution in [0.4, 0.5) is 0 Å². The van der Waals surface area contributed by atoms with Crippen LogP contribution in [-0.2, 0) is 9.53 Å². The first kappa shape index (κ1) is 14.7. The van der Waals surface area contributed by atoms with Crippen LogP contribution in [0.25, 0.3) is 0 Å². The molecule has 4 nitrogen and oxygen atoms in total. The highest BCUT2D eigenvalue weighted by Crippen LogP contribution is 2.28. The number of carboxylic acids is 1. The first-order valence-corrected chi connectivity index (χ1v) is 6.55. The quantitative estimate of drug-likeness (QED) is 0.669. The Kier molecular flexibility index (Phi) is 5.34. The zero-order valence-corrected chi connectivity index (χ0v) is 11.8. The van der Waals surface area contributed by atoms with Crippen molar-refractivity contribution in [2.24, 2.45) is 0 Å². The van der Waals surface area contributed by atoms with E-state index in [0.717, 1.165) is 0 Å². The predicted molar refractivity (Wildman–Crippen MR) is 70.9 cm³/mol. The SMILES string of the molecule is CCC(C)OC(=O)C(Br)c1ccccc1C(=O)O. The number of halogens is 1. The minimum atomic E-state index is -1.06. The van der Waals surface area contributed by atoms with Crippen molar-refractivity contribution in [3.63, 3.8) is 0 Å². The van der Waals surface area contributed by atoms with Crippen LogP contribution in [0.2, 0.25) is 0 Å². The topological polar surface area (TPSA) is 63.6 Å². The maximum Gasteiger partial charge on any atom is 0.336 e. The van der Waals surface area contributed by atoms with Crippen LogP contribution < -0.4 is 0 Å². The molecule has 0 aliphatic carbocycles. The molecule has 0 saturated carbocycles. The van der Waals surface area contributed by atoms with Gasteiger partial charge in [-0.2, -0.15) is 0 Å². The number of aromatic carboxylic acids is 1. The third kappa shape index (κ3) is 3.57. The first-order chi connectivity index (χ1) is 8.47. The highest BCUT2D eigenvalue weighted by molar-refractivity contribution is 9.09. The van der Waals surface area contributed by atoms with Gasteiger partial charge in [-0.05, 0) is 25.0 Å². The number of hydrogen-bond acceptors (Lipinski definition) is 3. The number of rotatable bonds is 5. The Labute approximate surface area is 114 Å². The lowest BCUT2D eigenvalue weighted by Crippen LogP contribution is -2.19. The number of benzene rings is 1. The van der Waals surface area contributed by atoms with Crippen LogP contribution in [0.3, 0.4) is 0 Å². The number of carboxylic acid groups (broad SMARTS) is 1. The van der Waals surface area contributed by atoms with Crippen molar-refractivity contribution in [1.82, 2.24) is 0 Å². The molecule has 0 aliphatic rings. The molecule has 1 N–H and O–H groups in total. The molecule has 0 radical (unpaired) electrons. The summed E-state index contributed by atoms with van der Waals surface area (Å²) in [6.45, 7) is 3.70. The normalized spacial score (nSPS) is 13.7. The van der Waals surface area contributed by atoms with E-state index in [4.69, 9.17) is 9.84 Å². The zero-order chi connectivity index (χ0) is 13.7. The molecule has 1 rings (SSSR count). The Morgan fingerprint density at radius 1 is 1.39 bits per heavy atom. The first-order valence-electron chi connectivity index (χ1n) is 5.64. The molecule has 18 heavy (non-hydrogen) atoms. The average Bonchev–Trinajstić information content (AvgIpc) is 2.37. The molecule has 1 aromatic carbocycles. The van der Waals surface area contributed by atoms with E-state index in [9.17, 15) is 9.59 Å². The van der Waals surface area contributed by atoms with E-state index in [2.05, 4.69) is 15.9 Å². The van der Waals surface area contributed by atoms with Crippen LogP contribution >= 0.6 is 15.9 Å². The molecule has 0 heterocycles. The Bertz CT molecular complexity index is 444. The van der Waals surface area contributed by atoms with Crippen LogP contribution in [0.15, 0.2) is 24.3 Å². The summed E-state index contributed by atoms with van der Waals surface area (Å²) in [5.74, 6) is -1.54. The molecule has 5 heteroatoms. The van der Waals surface area contributed by atoms with Gasteiger partial charge in [-0.25, -0.2) is 4.79 Å². The number of ether oxygens (including phenoxy) is 1. The van der Waals surface area contributed by atoms with Gasteiger partial charge in [-0.15, -0.1) is 0 Å². The smallest absolute Gasteiger partial charge is 0.336 e. The number of carbonyl (C=O) groups excluding carboxylic acids is 1. The Hall–Kier alpha value is -1.36. The molecule has 0 aliphatic heterocycles. The van der Waals surface area contributed by atoms with E-state index < -0.39 is 16.8 Å². The van der Waals surface area contributed by atoms with Crippen molar-refractivity contribution in [2.75, 3.05) is 0 Å². The number of esters is 1. The molecular weight excluding hydrogens is 300 g/mol. The average molecular weight is 315 g/mol. The largest absolute Gasteiger partial charge is 0.478 e. The summed E-state index contributed by atoms with van der Waals surface area (Å²) in [4.78, 5) is 22.1. The van der Waals surface area contributed by atoms with Crippen molar-refractivity contribution in [1.29, 1.82) is 0 Å². The van der Waals surface area contributed by atoms with Gasteiger partial charge in [0.15, 0.2) is 0 Å². The maximum absolute atomic E-state index is 11.8. The van der Waals surface area contributed by atoms with Gasteiger partial charge in [0.1, 0.15) is 4.83 Å². The van der Waals surface area contributed by atoms with E-state index in [0.29, 0.717) is 12.0 Å². The molecule has 0 amide bonds. The van der Waals surface area contributed by atoms with Gasteiger partial charge in [-0.1, -0.05) is 41.1 Å². The van der Waals surface area contributed by atoms with Crippen molar-refractivity contribution in [3.05, 3.63) is 35.4 Å². The fraction of sp³-hybridized carbons (Fsp3) is 0.385. The lowest BCUT2D eigenvalue weighted by atomic mass is 10.0. The van der Waals surface area contributed by atoms with Crippen LogP contribution in [-0.4, -0.2) is 23.1 Å². The highest BCUT2D eigenvalue weighted by atomic mass is 79.9. The summed E-state index contributed by atoms with van der Waals surface area (Å²) in [6, 6.07) is 6.36. The number of hydrogen-bond donors (Lipinski definition) is 1. The Morgan fingerprint density at radius 2 is 2.00 bits per heavy atom. The molecule has 2 atom stereocenters. The molecule has 98 valence electrons. The van der Waals surface area contributed by atoms with E-state index >= 15 is 0 Å². The van der Waals surface area contributed by atoms with Crippen molar-refractivity contribution in [2.45, 2.75) is 31.2 Å². The second-order valence-electron chi connectivity index (χ2n) is 3.91. The Morgan fingerprint density at radius 3 is 2.56 bits per heavy atom. The monoisotopic (exact) mass is 314 g/mol. The van der Waals surface area contributed by atoms with Crippen LogP contribution in [0, 0.1) is 0 Å². The minimum absolute atomic E-state index is 0.0977. The summed E-state index contributed by atoms with van der Waals surface area (Å²) in [7, 11) is 0. The lowest BCUT2D eigenvalue weighted by molar-refractivity contribution is -0.147. The Balaban J connectivity index is 2.93. The highest BCUT2D eigenvalue weighted by Gasteiger charge is 2.24. The molecule has 0 spiro atoms. The summed E-state index contributed by atoms with van der Waals surface area (Å²) in [6.07, 6.45) is 0.529. The molecule has 2 unspecified atom stereocenters. The molecule has 0 fully saturated rings. The van der Waals surface area contributed by atoms with Crippen LogP contribution in [0.1, 0.15) is 41.0 Å². The fourth-order valence-electron chi connectivity index (χ4n) is 1.38. The summed E-state index contributed by atoms with van der Waals surface area (Å²) in [5, 5.41) is 9.05. The van der Waals surface area contributed by atoms with Gasteiger partial charge < -0.3 is 9.84 Å². The van der Waals surface area contributed by atoms with Gasteiger partial charge in [0, 0.05) is 0 Å². The summed E-state index contributed by atoms with van der Waals surface area (Å²) < 4.78 is 5.17. The third-order valence-electron chi connectivity index (χ3n) is 2.56. The van der Waals surface area contributed by atoms with Gasteiger partial charge in [0.25, 0.3) is 0 Å². The van der Waals surface area contributed by atoms with Gasteiger partial charge in [-0.3, -0.25) is 4.79 Å². The van der Waals surface area contributed by atoms with Gasteiger partial charge >= 0.3 is 11.9 Å². The second kappa shape index (κ2) is 6.54. The second-order valence-corrected chi connectivity index (χ2v) is 4.83. The van der Waals surface area contributed by atoms with Gasteiger partial charge in [0.05, 0.1) is 11.7 Å². The molecule has 0 saturated heterocycles. The summed E-state index contributed by atoms with van der Waals surface area (Å²) in [5.41, 5.74) is 0.499. The molecular formula is C13H15BrO4. The standard InChI is InChI=1S/C13H15BrO4/c1-3-8(2)18-13(17)11(14)9-6-4-5-7-10(9)12(15)16/h4-8,11H,3H2,1-2H3,(H,15,16). The van der Waals surface area contributed by atoms with Crippen molar-refractivity contribution in [3.8, 4) is 0 Å². The van der Waals surface area contributed by atoms with E-state index in [1.807, 2.05) is 6.92 Å². The van der Waals surface area contributed by atoms with E-state index in [1.165, 1.54) is 6.07 Å². The summed E-state index contributed by atoms with van der Waals surface area (Å²) >= 11 is 3.19. The van der Waals surface area contributed by atoms with Crippen molar-refractivity contribution < 1.29 is 19.4 Å². The van der Waals surface area contributed by atoms with Crippen LogP contribution in [0.5, 0.6) is 0 Å². The van der Waals surface area contributed by atoms with E-state index in [-0.39, 0.29) is 11.7 Å². The maximum atomic E-state index is 11.8. The zero-order valence-electron chi connectivity index (χ0n) is 10.2. The molecule has 0 aromatic heterocycles. The lowest BCUT2D eigenvalue weighted by Gasteiger charge is -2.16. The fourth-order valence-corrected chi connectivity index (χ4v) is 1.89. The molecule has 0 bridgehead atoms. The van der Waals surface area contributed by atoms with Gasteiger partial charge in [0.2, 0.25) is 0 Å². The minimum Gasteiger partial charge on any atom is -0.478 e. The molecule has 1 aromatic rings. The van der Waals surface area contributed by atoms with E-state index in [1.54, 1.807) is 25.1 Å². The number of carbonyl (C=O) groups is 2. The van der Waals surface area contributed by atoms with Crippen molar-refractivity contribution >= 4 is 27.9 Å². The predicted octanol–water partition coefficient (Wildman–Crippen LogP) is 3.16. The third-order valence-corrected chi connectivity index (χ3v) is 3.43.